The number of hydrogen-bond donors (Lipinski definition) is 2. The number of halogens is 1. The number of nitrogens with one attached hydrogen (secondary N) is 1. The van der Waals surface area contributed by atoms with Crippen LogP contribution in [0.25, 0.3) is 6.08 Å². The summed E-state index contributed by atoms with van der Waals surface area (Å²) in [6, 6.07) is 5.99. The van der Waals surface area contributed by atoms with Crippen molar-refractivity contribution >= 4 is 29.4 Å². The second-order valence-corrected chi connectivity index (χ2v) is 8.94. The lowest BCUT2D eigenvalue weighted by Gasteiger charge is -2.28. The molecule has 9 nitrogen and oxygen atoms in total. The highest BCUT2D eigenvalue weighted by molar-refractivity contribution is 6.00. The number of carbonyl (C=O) groups is 2. The summed E-state index contributed by atoms with van der Waals surface area (Å²) < 4.78 is 15.0. The van der Waals surface area contributed by atoms with Gasteiger partial charge in [-0.25, -0.2) is 9.18 Å². The van der Waals surface area contributed by atoms with Crippen molar-refractivity contribution < 1.29 is 14.0 Å². The molecule has 0 bridgehead atoms. The first kappa shape index (κ1) is 26.6. The van der Waals surface area contributed by atoms with Crippen LogP contribution in [0.4, 0.5) is 15.9 Å². The molecule has 2 rings (SSSR count). The maximum Gasteiger partial charge on any atom is 0.330 e. The Balaban J connectivity index is 2.33. The molecule has 0 radical (unpaired) electrons. The Morgan fingerprint density at radius 3 is 2.38 bits per heavy atom. The molecular weight excluding hydrogens is 441 g/mol. The molecule has 1 aromatic carbocycles. The van der Waals surface area contributed by atoms with Crippen molar-refractivity contribution in [1.29, 1.82) is 0 Å². The second kappa shape index (κ2) is 11.4. The summed E-state index contributed by atoms with van der Waals surface area (Å²) in [5, 5.41) is 0. The van der Waals surface area contributed by atoms with Crippen LogP contribution in [0.1, 0.15) is 33.3 Å². The maximum absolute atomic E-state index is 13.8. The van der Waals surface area contributed by atoms with Crippen molar-refractivity contribution in [2.45, 2.75) is 34.2 Å². The molecule has 0 aliphatic heterocycles. The lowest BCUT2D eigenvalue weighted by molar-refractivity contribution is -0.130. The average molecular weight is 474 g/mol. The van der Waals surface area contributed by atoms with E-state index in [1.54, 1.807) is 12.1 Å². The summed E-state index contributed by atoms with van der Waals surface area (Å²) in [6.45, 7) is 7.57. The molecule has 2 aromatic rings. The fourth-order valence-electron chi connectivity index (χ4n) is 3.33. The third-order valence-corrected chi connectivity index (χ3v) is 4.94. The summed E-state index contributed by atoms with van der Waals surface area (Å²) in [4.78, 5) is 55.2. The summed E-state index contributed by atoms with van der Waals surface area (Å²) in [5.74, 6) is -1.61. The number of anilines is 2. The van der Waals surface area contributed by atoms with E-state index in [0.29, 0.717) is 0 Å². The molecule has 0 saturated heterocycles. The van der Waals surface area contributed by atoms with Crippen LogP contribution in [0.5, 0.6) is 0 Å². The fraction of sp³-hybridized carbons (Fsp3) is 0.417. The first-order chi connectivity index (χ1) is 15.9. The molecule has 184 valence electrons. The van der Waals surface area contributed by atoms with Crippen LogP contribution in [-0.4, -0.2) is 46.4 Å². The molecule has 0 spiro atoms. The first-order valence-electron chi connectivity index (χ1n) is 11.0. The average Bonchev–Trinajstić information content (AvgIpc) is 2.74. The van der Waals surface area contributed by atoms with Gasteiger partial charge in [0.25, 0.3) is 5.56 Å². The summed E-state index contributed by atoms with van der Waals surface area (Å²) in [7, 11) is 1.42. The molecule has 0 atom stereocenters. The van der Waals surface area contributed by atoms with Gasteiger partial charge >= 0.3 is 5.69 Å². The minimum absolute atomic E-state index is 0.0322. The normalized spacial score (nSPS) is 11.4. The first-order valence-corrected chi connectivity index (χ1v) is 11.0. The van der Waals surface area contributed by atoms with Crippen molar-refractivity contribution in [3.63, 3.8) is 0 Å². The largest absolute Gasteiger partial charge is 0.383 e. The number of aromatic nitrogens is 2. The Hall–Kier alpha value is -3.69. The van der Waals surface area contributed by atoms with E-state index in [1.165, 1.54) is 40.8 Å². The van der Waals surface area contributed by atoms with E-state index in [2.05, 4.69) is 4.98 Å². The zero-order chi connectivity index (χ0) is 25.6. The number of nitrogens with two attached hydrogens (primary N) is 1. The van der Waals surface area contributed by atoms with Gasteiger partial charge in [0.05, 0.1) is 0 Å². The van der Waals surface area contributed by atoms with Crippen LogP contribution in [-0.2, 0) is 16.1 Å². The zero-order valence-corrected chi connectivity index (χ0v) is 20.2. The number of hydrogen-bond acceptors (Lipinski definition) is 5. The molecule has 34 heavy (non-hydrogen) atoms. The molecule has 0 fully saturated rings. The van der Waals surface area contributed by atoms with Crippen LogP contribution in [0, 0.1) is 17.7 Å². The van der Waals surface area contributed by atoms with Crippen molar-refractivity contribution in [2.24, 2.45) is 11.8 Å². The van der Waals surface area contributed by atoms with Gasteiger partial charge in [-0.15, -0.1) is 0 Å². The number of H-pyrrole nitrogens is 1. The van der Waals surface area contributed by atoms with Gasteiger partial charge in [-0.3, -0.25) is 23.9 Å². The van der Waals surface area contributed by atoms with E-state index in [9.17, 15) is 23.6 Å². The molecule has 1 aromatic heterocycles. The van der Waals surface area contributed by atoms with Gasteiger partial charge in [0, 0.05) is 31.8 Å². The van der Waals surface area contributed by atoms with Crippen molar-refractivity contribution in [2.75, 3.05) is 30.8 Å². The molecule has 10 heteroatoms. The summed E-state index contributed by atoms with van der Waals surface area (Å²) in [6.07, 6.45) is 2.50. The number of nitrogens with zero attached hydrogens (tertiary/aromatic N) is 3. The van der Waals surface area contributed by atoms with E-state index in [1.807, 2.05) is 27.7 Å². The van der Waals surface area contributed by atoms with E-state index < -0.39 is 28.9 Å². The van der Waals surface area contributed by atoms with Crippen molar-refractivity contribution in [1.82, 2.24) is 14.5 Å². The second-order valence-electron chi connectivity index (χ2n) is 8.94. The Labute approximate surface area is 197 Å². The minimum atomic E-state index is -0.773. The van der Waals surface area contributed by atoms with Gasteiger partial charge < -0.3 is 15.5 Å². The number of nitrogen functional groups attached to an aromatic ring is 1. The molecule has 0 saturated carbocycles. The smallest absolute Gasteiger partial charge is 0.330 e. The van der Waals surface area contributed by atoms with Crippen LogP contribution in [0.2, 0.25) is 0 Å². The van der Waals surface area contributed by atoms with Crippen LogP contribution in [0.15, 0.2) is 39.9 Å². The highest BCUT2D eigenvalue weighted by atomic mass is 19.1. The highest BCUT2D eigenvalue weighted by Gasteiger charge is 2.26. The molecule has 2 amide bonds. The van der Waals surface area contributed by atoms with E-state index in [0.717, 1.165) is 4.90 Å². The summed E-state index contributed by atoms with van der Waals surface area (Å²) in [5.41, 5.74) is 4.88. The summed E-state index contributed by atoms with van der Waals surface area (Å²) >= 11 is 0. The number of aromatic amines is 1. The standard InChI is InChI=1S/C24H32FN5O4/c1-15(2)12-29(21-22(26)30(13-16(3)4)24(34)27-23(21)33)20(32)14-28(5)19(31)11-10-17-8-6-7-9-18(17)25/h6-11,15-16H,12-14,26H2,1-5H3,(H,27,33,34). The topological polar surface area (TPSA) is 121 Å². The monoisotopic (exact) mass is 473 g/mol. The van der Waals surface area contributed by atoms with Gasteiger partial charge in [-0.05, 0) is 24.0 Å². The van der Waals surface area contributed by atoms with Crippen LogP contribution in [0.3, 0.4) is 0 Å². The minimum Gasteiger partial charge on any atom is -0.383 e. The Morgan fingerprint density at radius 2 is 1.79 bits per heavy atom. The molecular formula is C24H32FN5O4. The van der Waals surface area contributed by atoms with Gasteiger partial charge in [-0.1, -0.05) is 45.9 Å². The number of carbonyl (C=O) groups excluding carboxylic acids is 2. The van der Waals surface area contributed by atoms with Gasteiger partial charge in [0.15, 0.2) is 5.69 Å². The lowest BCUT2D eigenvalue weighted by Crippen LogP contribution is -2.46. The number of amides is 2. The Kier molecular flexibility index (Phi) is 8.94. The van der Waals surface area contributed by atoms with E-state index in [-0.39, 0.29) is 48.5 Å². The number of benzene rings is 1. The quantitative estimate of drug-likeness (QED) is 0.540. The Morgan fingerprint density at radius 1 is 1.15 bits per heavy atom. The molecule has 3 N–H and O–H groups in total. The molecule has 1 heterocycles. The Bertz CT molecular complexity index is 1180. The lowest BCUT2D eigenvalue weighted by atomic mass is 10.2. The van der Waals surface area contributed by atoms with E-state index >= 15 is 0 Å². The third kappa shape index (κ3) is 6.66. The highest BCUT2D eigenvalue weighted by Crippen LogP contribution is 2.19. The number of rotatable bonds is 9. The van der Waals surface area contributed by atoms with Gasteiger partial charge in [0.1, 0.15) is 18.2 Å². The maximum atomic E-state index is 13.8. The van der Waals surface area contributed by atoms with Crippen molar-refractivity contribution in [3.05, 3.63) is 62.6 Å². The molecule has 0 aliphatic rings. The molecule has 0 unspecified atom stereocenters. The van der Waals surface area contributed by atoms with Crippen LogP contribution < -0.4 is 21.9 Å². The third-order valence-electron chi connectivity index (χ3n) is 4.94. The fourth-order valence-corrected chi connectivity index (χ4v) is 3.33. The van der Waals surface area contributed by atoms with Crippen molar-refractivity contribution in [3.8, 4) is 0 Å². The van der Waals surface area contributed by atoms with E-state index in [4.69, 9.17) is 5.73 Å². The number of likely N-dealkylation sites (N-methyl/N-ethyl adjacent to an activating group) is 1. The van der Waals surface area contributed by atoms with Gasteiger partial charge in [-0.2, -0.15) is 0 Å². The predicted octanol–water partition coefficient (Wildman–Crippen LogP) is 2.07. The SMILES string of the molecule is CC(C)CN(C(=O)CN(C)C(=O)C=Cc1ccccc1F)c1c(N)n(CC(C)C)c(=O)[nH]c1=O. The predicted molar refractivity (Wildman–Crippen MR) is 131 cm³/mol. The molecule has 0 aliphatic carbocycles. The van der Waals surface area contributed by atoms with Crippen LogP contribution >= 0.6 is 0 Å². The zero-order valence-electron chi connectivity index (χ0n) is 20.2. The van der Waals surface area contributed by atoms with Gasteiger partial charge in [0.2, 0.25) is 11.8 Å².